The fourth-order valence-corrected chi connectivity index (χ4v) is 2.74. The first-order valence-corrected chi connectivity index (χ1v) is 7.49. The van der Waals surface area contributed by atoms with E-state index in [1.54, 1.807) is 0 Å². The van der Waals surface area contributed by atoms with Crippen molar-refractivity contribution in [3.63, 3.8) is 0 Å². The molecule has 0 heterocycles. The molecular weight excluding hydrogens is 316 g/mol. The lowest BCUT2D eigenvalue weighted by Gasteiger charge is -2.32. The van der Waals surface area contributed by atoms with Gasteiger partial charge in [0.2, 0.25) is 0 Å². The Morgan fingerprint density at radius 1 is 1.00 bits per heavy atom. The van der Waals surface area contributed by atoms with E-state index >= 15 is 0 Å². The minimum absolute atomic E-state index is 0.160. The zero-order valence-corrected chi connectivity index (χ0v) is 12.8. The van der Waals surface area contributed by atoms with E-state index < -0.39 is 0 Å². The summed E-state index contributed by atoms with van der Waals surface area (Å²) in [6.45, 7) is 2.00. The van der Waals surface area contributed by atoms with Crippen molar-refractivity contribution in [1.29, 1.82) is 0 Å². The van der Waals surface area contributed by atoms with E-state index in [0.29, 0.717) is 18.1 Å². The lowest BCUT2D eigenvalue weighted by Crippen LogP contribution is -2.32. The Morgan fingerprint density at radius 2 is 1.55 bits per heavy atom. The first-order chi connectivity index (χ1) is 9.63. The summed E-state index contributed by atoms with van der Waals surface area (Å²) in [5.74, 6) is 2.53. The number of rotatable bonds is 3. The molecule has 0 N–H and O–H groups in total. The van der Waals surface area contributed by atoms with Crippen LogP contribution in [0.4, 0.5) is 0 Å². The molecule has 0 spiro atoms. The molecule has 1 aliphatic rings. The lowest BCUT2D eigenvalue weighted by molar-refractivity contribution is -0.130. The molecule has 0 bridgehead atoms. The van der Waals surface area contributed by atoms with Crippen LogP contribution in [-0.2, 0) is 4.79 Å². The lowest BCUT2D eigenvalue weighted by atomic mass is 9.70. The summed E-state index contributed by atoms with van der Waals surface area (Å²) in [7, 11) is 0. The van der Waals surface area contributed by atoms with Crippen molar-refractivity contribution in [2.45, 2.75) is 19.3 Å². The minimum atomic E-state index is 0.160. The monoisotopic (exact) mass is 330 g/mol. The van der Waals surface area contributed by atoms with Gasteiger partial charge in [0.05, 0.1) is 0 Å². The summed E-state index contributed by atoms with van der Waals surface area (Å²) >= 11 is 3.40. The van der Waals surface area contributed by atoms with Gasteiger partial charge in [0, 0.05) is 22.7 Å². The van der Waals surface area contributed by atoms with E-state index in [0.717, 1.165) is 16.0 Å². The first-order valence-electron chi connectivity index (χ1n) is 6.69. The second-order valence-electron chi connectivity index (χ2n) is 5.19. The van der Waals surface area contributed by atoms with Crippen molar-refractivity contribution in [1.82, 2.24) is 0 Å². The summed E-state index contributed by atoms with van der Waals surface area (Å²) in [5, 5.41) is 0. The third-order valence-electron chi connectivity index (χ3n) is 3.89. The number of halogens is 1. The van der Waals surface area contributed by atoms with Crippen molar-refractivity contribution in [2.75, 3.05) is 0 Å². The SMILES string of the molecule is CC1C(=O)CC1c1ccc(Oc2ccc(Br)cc2)cc1. The van der Waals surface area contributed by atoms with Gasteiger partial charge in [-0.05, 0) is 42.0 Å². The molecule has 2 unspecified atom stereocenters. The summed E-state index contributed by atoms with van der Waals surface area (Å²) in [5.41, 5.74) is 1.22. The van der Waals surface area contributed by atoms with Crippen LogP contribution in [0.5, 0.6) is 11.5 Å². The molecule has 2 nitrogen and oxygen atoms in total. The van der Waals surface area contributed by atoms with Crippen LogP contribution in [0.15, 0.2) is 53.0 Å². The molecule has 0 aliphatic heterocycles. The second kappa shape index (κ2) is 5.41. The molecule has 1 saturated carbocycles. The van der Waals surface area contributed by atoms with Gasteiger partial charge in [-0.15, -0.1) is 0 Å². The fraction of sp³-hybridized carbons (Fsp3) is 0.235. The smallest absolute Gasteiger partial charge is 0.136 e. The predicted molar refractivity (Wildman–Crippen MR) is 82.2 cm³/mol. The number of carbonyl (C=O) groups is 1. The highest BCUT2D eigenvalue weighted by molar-refractivity contribution is 9.10. The molecule has 3 heteroatoms. The fourth-order valence-electron chi connectivity index (χ4n) is 2.47. The van der Waals surface area contributed by atoms with Crippen LogP contribution in [0.3, 0.4) is 0 Å². The number of Topliss-reactive ketones (excluding diaryl/α,β-unsaturated/α-hetero) is 1. The topological polar surface area (TPSA) is 26.3 Å². The van der Waals surface area contributed by atoms with E-state index in [4.69, 9.17) is 4.74 Å². The molecule has 0 saturated heterocycles. The summed E-state index contributed by atoms with van der Waals surface area (Å²) in [4.78, 5) is 11.3. The van der Waals surface area contributed by atoms with Gasteiger partial charge in [-0.25, -0.2) is 0 Å². The average Bonchev–Trinajstić information content (AvgIpc) is 2.48. The van der Waals surface area contributed by atoms with E-state index in [1.807, 2.05) is 43.3 Å². The van der Waals surface area contributed by atoms with Crippen molar-refractivity contribution in [2.24, 2.45) is 5.92 Å². The maximum Gasteiger partial charge on any atom is 0.136 e. The van der Waals surface area contributed by atoms with Gasteiger partial charge in [0.1, 0.15) is 17.3 Å². The van der Waals surface area contributed by atoms with Gasteiger partial charge in [0.25, 0.3) is 0 Å². The van der Waals surface area contributed by atoms with Crippen molar-refractivity contribution in [3.05, 3.63) is 58.6 Å². The summed E-state index contributed by atoms with van der Waals surface area (Å²) in [6, 6.07) is 15.8. The Hall–Kier alpha value is -1.61. The van der Waals surface area contributed by atoms with Gasteiger partial charge < -0.3 is 4.74 Å². The molecule has 2 aromatic carbocycles. The molecule has 3 rings (SSSR count). The first kappa shape index (κ1) is 13.4. The largest absolute Gasteiger partial charge is 0.457 e. The van der Waals surface area contributed by atoms with Crippen molar-refractivity contribution in [3.8, 4) is 11.5 Å². The van der Waals surface area contributed by atoms with Crippen LogP contribution in [0.25, 0.3) is 0 Å². The maximum atomic E-state index is 11.3. The zero-order chi connectivity index (χ0) is 14.1. The van der Waals surface area contributed by atoms with Crippen LogP contribution in [-0.4, -0.2) is 5.78 Å². The number of carbonyl (C=O) groups excluding carboxylic acids is 1. The molecule has 1 fully saturated rings. The molecule has 0 amide bonds. The zero-order valence-electron chi connectivity index (χ0n) is 11.2. The van der Waals surface area contributed by atoms with E-state index in [2.05, 4.69) is 28.1 Å². The van der Waals surface area contributed by atoms with Crippen LogP contribution in [0.1, 0.15) is 24.8 Å². The van der Waals surface area contributed by atoms with Gasteiger partial charge in [-0.2, -0.15) is 0 Å². The highest BCUT2D eigenvalue weighted by Gasteiger charge is 2.36. The quantitative estimate of drug-likeness (QED) is 0.797. The Labute approximate surface area is 126 Å². The average molecular weight is 331 g/mol. The van der Waals surface area contributed by atoms with E-state index in [-0.39, 0.29) is 5.92 Å². The van der Waals surface area contributed by atoms with Gasteiger partial charge in [-0.1, -0.05) is 35.0 Å². The maximum absolute atomic E-state index is 11.3. The van der Waals surface area contributed by atoms with Crippen LogP contribution >= 0.6 is 15.9 Å². The Kier molecular flexibility index (Phi) is 3.62. The highest BCUT2D eigenvalue weighted by atomic mass is 79.9. The van der Waals surface area contributed by atoms with Crippen LogP contribution in [0.2, 0.25) is 0 Å². The van der Waals surface area contributed by atoms with Gasteiger partial charge >= 0.3 is 0 Å². The molecule has 20 heavy (non-hydrogen) atoms. The third-order valence-corrected chi connectivity index (χ3v) is 4.42. The van der Waals surface area contributed by atoms with Crippen molar-refractivity contribution < 1.29 is 9.53 Å². The Morgan fingerprint density at radius 3 is 2.05 bits per heavy atom. The molecule has 1 aliphatic carbocycles. The highest BCUT2D eigenvalue weighted by Crippen LogP contribution is 2.39. The van der Waals surface area contributed by atoms with Crippen LogP contribution in [0, 0.1) is 5.92 Å². The molecule has 2 aromatic rings. The second-order valence-corrected chi connectivity index (χ2v) is 6.11. The number of ketones is 1. The van der Waals surface area contributed by atoms with Gasteiger partial charge in [0.15, 0.2) is 0 Å². The predicted octanol–water partition coefficient (Wildman–Crippen LogP) is 4.93. The number of hydrogen-bond acceptors (Lipinski definition) is 2. The van der Waals surface area contributed by atoms with E-state index in [9.17, 15) is 4.79 Å². The van der Waals surface area contributed by atoms with Crippen LogP contribution < -0.4 is 4.74 Å². The molecular formula is C17H15BrO2. The van der Waals surface area contributed by atoms with Crippen molar-refractivity contribution >= 4 is 21.7 Å². The molecule has 2 atom stereocenters. The Balaban J connectivity index is 1.70. The van der Waals surface area contributed by atoms with Gasteiger partial charge in [-0.3, -0.25) is 4.79 Å². The number of ether oxygens (including phenoxy) is 1. The number of hydrogen-bond donors (Lipinski definition) is 0. The molecule has 0 aromatic heterocycles. The Bertz CT molecular complexity index is 616. The molecule has 102 valence electrons. The molecule has 0 radical (unpaired) electrons. The summed E-state index contributed by atoms with van der Waals surface area (Å²) < 4.78 is 6.81. The van der Waals surface area contributed by atoms with E-state index in [1.165, 1.54) is 5.56 Å². The third kappa shape index (κ3) is 2.63. The minimum Gasteiger partial charge on any atom is -0.457 e. The standard InChI is InChI=1S/C17H15BrO2/c1-11-16(10-17(11)19)12-2-6-14(7-3-12)20-15-8-4-13(18)5-9-15/h2-9,11,16H,10H2,1H3. The number of benzene rings is 2. The summed E-state index contributed by atoms with van der Waals surface area (Å²) in [6.07, 6.45) is 0.675. The normalized spacial score (nSPS) is 21.4.